The van der Waals surface area contributed by atoms with Gasteiger partial charge in [-0.05, 0) is 63.9 Å². The fourth-order valence-corrected chi connectivity index (χ4v) is 3.27. The zero-order valence-corrected chi connectivity index (χ0v) is 17.3. The van der Waals surface area contributed by atoms with E-state index in [9.17, 15) is 4.79 Å². The van der Waals surface area contributed by atoms with E-state index in [1.54, 1.807) is 30.6 Å². The van der Waals surface area contributed by atoms with Crippen LogP contribution < -0.4 is 0 Å². The molecule has 2 N–H and O–H groups in total. The topological polar surface area (TPSA) is 97.5 Å². The van der Waals surface area contributed by atoms with Crippen LogP contribution in [0, 0.1) is 6.92 Å². The Labute approximate surface area is 173 Å². The molecule has 154 valence electrons. The van der Waals surface area contributed by atoms with Crippen LogP contribution in [-0.2, 0) is 4.74 Å². The predicted octanol–water partition coefficient (Wildman–Crippen LogP) is 3.66. The van der Waals surface area contributed by atoms with E-state index in [2.05, 4.69) is 9.97 Å². The Morgan fingerprint density at radius 1 is 1.17 bits per heavy atom. The third-order valence-electron chi connectivity index (χ3n) is 4.44. The largest absolute Gasteiger partial charge is 0.366 e. The first-order chi connectivity index (χ1) is 13.6. The Hall–Kier alpha value is -2.32. The van der Waals surface area contributed by atoms with Gasteiger partial charge in [0, 0.05) is 22.2 Å². The van der Waals surface area contributed by atoms with Gasteiger partial charge < -0.3 is 19.5 Å². The molecule has 2 unspecified atom stereocenters. The fourth-order valence-electron chi connectivity index (χ4n) is 3.15. The smallest absolute Gasteiger partial charge is 0.191 e. The van der Waals surface area contributed by atoms with Gasteiger partial charge in [0.25, 0.3) is 0 Å². The van der Waals surface area contributed by atoms with E-state index in [0.717, 1.165) is 23.1 Å². The molecule has 3 heterocycles. The number of hydrogen-bond donors (Lipinski definition) is 2. The lowest BCUT2D eigenvalue weighted by Gasteiger charge is -2.15. The van der Waals surface area contributed by atoms with Crippen molar-refractivity contribution in [1.29, 1.82) is 0 Å². The van der Waals surface area contributed by atoms with Crippen LogP contribution in [0.2, 0.25) is 5.02 Å². The lowest BCUT2D eigenvalue weighted by atomic mass is 10.0. The second-order valence-corrected chi connectivity index (χ2v) is 7.88. The van der Waals surface area contributed by atoms with E-state index in [4.69, 9.17) is 26.6 Å². The highest BCUT2D eigenvalue weighted by Gasteiger charge is 2.32. The number of ketones is 1. The minimum absolute atomic E-state index is 0.00330. The van der Waals surface area contributed by atoms with Crippen molar-refractivity contribution < 1.29 is 19.7 Å². The molecule has 0 aliphatic carbocycles. The van der Waals surface area contributed by atoms with Gasteiger partial charge in [-0.2, -0.15) is 0 Å². The first-order valence-corrected chi connectivity index (χ1v) is 9.69. The highest BCUT2D eigenvalue weighted by Crippen LogP contribution is 2.33. The molecule has 0 saturated carbocycles. The van der Waals surface area contributed by atoms with Crippen molar-refractivity contribution in [3.05, 3.63) is 59.1 Å². The monoisotopic (exact) mass is 417 g/mol. The van der Waals surface area contributed by atoms with Crippen LogP contribution in [0.25, 0.3) is 11.0 Å². The zero-order chi connectivity index (χ0) is 21.2. The number of benzene rings is 1. The molecule has 1 aromatic carbocycles. The van der Waals surface area contributed by atoms with Crippen molar-refractivity contribution in [3.8, 4) is 0 Å². The summed E-state index contributed by atoms with van der Waals surface area (Å²) in [6.45, 7) is 4.55. The number of aryl methyl sites for hydroxylation is 1. The average molecular weight is 418 g/mol. The van der Waals surface area contributed by atoms with E-state index in [1.165, 1.54) is 13.8 Å². The minimum atomic E-state index is -1.50. The van der Waals surface area contributed by atoms with Crippen molar-refractivity contribution in [2.75, 3.05) is 0 Å². The normalized spacial score (nSPS) is 19.1. The molecular formula is C21H24ClN3O4. The van der Waals surface area contributed by atoms with Crippen LogP contribution in [0.3, 0.4) is 0 Å². The molecule has 0 radical (unpaired) electrons. The summed E-state index contributed by atoms with van der Waals surface area (Å²) in [5.41, 5.74) is 2.40. The highest BCUT2D eigenvalue weighted by atomic mass is 35.5. The molecule has 7 nitrogen and oxygen atoms in total. The summed E-state index contributed by atoms with van der Waals surface area (Å²) in [6, 6.07) is 8.91. The number of nitrogens with zero attached hydrogens (tertiary/aromatic N) is 3. The molecule has 8 heteroatoms. The third-order valence-corrected chi connectivity index (χ3v) is 4.69. The van der Waals surface area contributed by atoms with Crippen molar-refractivity contribution in [2.45, 2.75) is 51.7 Å². The molecular weight excluding hydrogens is 394 g/mol. The summed E-state index contributed by atoms with van der Waals surface area (Å²) in [7, 11) is 0. The number of aromatic nitrogens is 3. The van der Waals surface area contributed by atoms with E-state index in [0.29, 0.717) is 17.0 Å². The molecule has 4 rings (SSSR count). The minimum Gasteiger partial charge on any atom is -0.366 e. The molecule has 0 spiro atoms. The number of rotatable bonds is 3. The summed E-state index contributed by atoms with van der Waals surface area (Å²) < 4.78 is 8.01. The van der Waals surface area contributed by atoms with Gasteiger partial charge in [-0.25, -0.2) is 9.97 Å². The molecule has 0 bridgehead atoms. The lowest BCUT2D eigenvalue weighted by Crippen LogP contribution is -2.21. The maximum Gasteiger partial charge on any atom is 0.191 e. The Morgan fingerprint density at radius 2 is 1.83 bits per heavy atom. The first-order valence-electron chi connectivity index (χ1n) is 9.31. The van der Waals surface area contributed by atoms with Crippen molar-refractivity contribution in [1.82, 2.24) is 14.5 Å². The second-order valence-electron chi connectivity index (χ2n) is 7.44. The van der Waals surface area contributed by atoms with Crippen LogP contribution in [0.4, 0.5) is 0 Å². The van der Waals surface area contributed by atoms with Crippen LogP contribution in [0.1, 0.15) is 49.0 Å². The number of ether oxygens (including phenoxy) is 1. The average Bonchev–Trinajstić information content (AvgIpc) is 3.28. The standard InChI is InChI=1S/C18H16ClN3O2.C3H8O2/c1-11-14-8-9-22(18(14)21-10-20-11)16-7-6-15(24-16)17(23)12-2-4-13(19)5-3-12;1-3(2,4)5/h2-5,8-10,15-16H,6-7H2,1H3;4-5H,1-2H3. The molecule has 1 aliphatic rings. The van der Waals surface area contributed by atoms with Crippen molar-refractivity contribution in [3.63, 3.8) is 0 Å². The Kier molecular flexibility index (Phi) is 6.33. The summed E-state index contributed by atoms with van der Waals surface area (Å²) in [4.78, 5) is 21.2. The molecule has 1 saturated heterocycles. The van der Waals surface area contributed by atoms with Gasteiger partial charge in [0.05, 0.1) is 5.69 Å². The van der Waals surface area contributed by atoms with Gasteiger partial charge in [-0.1, -0.05) is 11.6 Å². The summed E-state index contributed by atoms with van der Waals surface area (Å²) in [6.07, 6.45) is 4.35. The van der Waals surface area contributed by atoms with Crippen LogP contribution in [0.5, 0.6) is 0 Å². The van der Waals surface area contributed by atoms with E-state index in [-0.39, 0.29) is 12.0 Å². The zero-order valence-electron chi connectivity index (χ0n) is 16.5. The maximum absolute atomic E-state index is 12.6. The number of Topliss-reactive ketones (excluding diaryl/α,β-unsaturated/α-hetero) is 1. The predicted molar refractivity (Wildman–Crippen MR) is 110 cm³/mol. The molecule has 2 atom stereocenters. The Bertz CT molecular complexity index is 989. The molecule has 1 fully saturated rings. The highest BCUT2D eigenvalue weighted by molar-refractivity contribution is 6.30. The van der Waals surface area contributed by atoms with Gasteiger partial charge in [0.1, 0.15) is 24.3 Å². The summed E-state index contributed by atoms with van der Waals surface area (Å²) in [5, 5.41) is 17.8. The molecule has 29 heavy (non-hydrogen) atoms. The van der Waals surface area contributed by atoms with E-state index in [1.807, 2.05) is 23.8 Å². The lowest BCUT2D eigenvalue weighted by molar-refractivity contribution is -0.127. The molecule has 0 amide bonds. The molecule has 3 aromatic rings. The van der Waals surface area contributed by atoms with Crippen molar-refractivity contribution >= 4 is 28.4 Å². The molecule has 2 aromatic heterocycles. The first kappa shape index (κ1) is 21.4. The second kappa shape index (κ2) is 8.59. The van der Waals surface area contributed by atoms with Gasteiger partial charge in [-0.3, -0.25) is 4.79 Å². The molecule has 1 aliphatic heterocycles. The Morgan fingerprint density at radius 3 is 2.48 bits per heavy atom. The number of hydrogen-bond acceptors (Lipinski definition) is 6. The fraction of sp³-hybridized carbons (Fsp3) is 0.381. The van der Waals surface area contributed by atoms with Crippen LogP contribution in [0.15, 0.2) is 42.9 Å². The third kappa shape index (κ3) is 5.39. The number of aliphatic hydroxyl groups is 2. The number of halogens is 1. The van der Waals surface area contributed by atoms with Gasteiger partial charge in [0.15, 0.2) is 11.6 Å². The van der Waals surface area contributed by atoms with E-state index < -0.39 is 11.9 Å². The van der Waals surface area contributed by atoms with E-state index >= 15 is 0 Å². The van der Waals surface area contributed by atoms with Gasteiger partial charge >= 0.3 is 0 Å². The number of fused-ring (bicyclic) bond motifs is 1. The summed E-state index contributed by atoms with van der Waals surface area (Å²) in [5.74, 6) is -1.50. The number of carbonyl (C=O) groups excluding carboxylic acids is 1. The van der Waals surface area contributed by atoms with Crippen LogP contribution in [-0.4, -0.2) is 42.4 Å². The van der Waals surface area contributed by atoms with Gasteiger partial charge in [0.2, 0.25) is 0 Å². The summed E-state index contributed by atoms with van der Waals surface area (Å²) >= 11 is 5.88. The van der Waals surface area contributed by atoms with Gasteiger partial charge in [-0.15, -0.1) is 0 Å². The SMILES string of the molecule is CC(C)(O)O.Cc1ncnc2c1ccn2C1CCC(C(=O)c2ccc(Cl)cc2)O1. The van der Waals surface area contributed by atoms with Crippen LogP contribution >= 0.6 is 11.6 Å². The quantitative estimate of drug-likeness (QED) is 0.498. The Balaban J connectivity index is 0.000000431. The number of carbonyl (C=O) groups is 1. The van der Waals surface area contributed by atoms with Crippen molar-refractivity contribution in [2.24, 2.45) is 0 Å². The maximum atomic E-state index is 12.6.